The van der Waals surface area contributed by atoms with Crippen LogP contribution in [0.15, 0.2) is 35.5 Å². The van der Waals surface area contributed by atoms with Crippen molar-refractivity contribution in [3.8, 4) is 5.75 Å². The highest BCUT2D eigenvalue weighted by atomic mass is 32.2. The zero-order valence-electron chi connectivity index (χ0n) is 18.5. The quantitative estimate of drug-likeness (QED) is 0.663. The van der Waals surface area contributed by atoms with Crippen molar-refractivity contribution < 1.29 is 27.1 Å². The van der Waals surface area contributed by atoms with Crippen LogP contribution in [0.3, 0.4) is 0 Å². The van der Waals surface area contributed by atoms with E-state index in [1.165, 1.54) is 24.5 Å². The van der Waals surface area contributed by atoms with Crippen LogP contribution in [0.25, 0.3) is 0 Å². The van der Waals surface area contributed by atoms with E-state index in [0.29, 0.717) is 43.4 Å². The lowest BCUT2D eigenvalue weighted by Crippen LogP contribution is -2.50. The summed E-state index contributed by atoms with van der Waals surface area (Å²) < 4.78 is 48.0. The van der Waals surface area contributed by atoms with Gasteiger partial charge in [-0.3, -0.25) is 0 Å². The number of piperazine rings is 1. The van der Waals surface area contributed by atoms with Crippen LogP contribution in [0, 0.1) is 5.82 Å². The van der Waals surface area contributed by atoms with E-state index in [1.54, 1.807) is 4.90 Å². The molecular formula is C21H27FN4O5S. The summed E-state index contributed by atoms with van der Waals surface area (Å²) in [6.45, 7) is 7.70. The Balaban J connectivity index is 1.53. The van der Waals surface area contributed by atoms with Gasteiger partial charge in [-0.1, -0.05) is 6.07 Å². The van der Waals surface area contributed by atoms with E-state index < -0.39 is 21.3 Å². The molecule has 2 aromatic rings. The molecule has 2 heterocycles. The van der Waals surface area contributed by atoms with Crippen molar-refractivity contribution in [2.45, 2.75) is 37.9 Å². The number of ether oxygens (including phenoxy) is 2. The minimum absolute atomic E-state index is 0.0399. The SMILES string of the molecule is CC(C)(C)OC(=O)N1CCN(c2ncc(OCc3ccc(S(C)(=O)=O)c(F)c3)cn2)CC1. The van der Waals surface area contributed by atoms with Crippen LogP contribution in [0.4, 0.5) is 15.1 Å². The number of carbonyl (C=O) groups excluding carboxylic acids is 1. The van der Waals surface area contributed by atoms with Crippen LogP contribution in [-0.2, 0) is 21.2 Å². The maximum absolute atomic E-state index is 14.0. The molecule has 1 amide bonds. The van der Waals surface area contributed by atoms with Gasteiger partial charge < -0.3 is 19.3 Å². The Morgan fingerprint density at radius 3 is 2.28 bits per heavy atom. The summed E-state index contributed by atoms with van der Waals surface area (Å²) in [7, 11) is -3.62. The van der Waals surface area contributed by atoms with Crippen molar-refractivity contribution in [1.29, 1.82) is 0 Å². The van der Waals surface area contributed by atoms with Crippen LogP contribution in [-0.4, -0.2) is 67.4 Å². The predicted octanol–water partition coefficient (Wildman–Crippen LogP) is 2.66. The molecule has 1 aromatic carbocycles. The molecule has 174 valence electrons. The van der Waals surface area contributed by atoms with Gasteiger partial charge in [0, 0.05) is 32.4 Å². The fourth-order valence-electron chi connectivity index (χ4n) is 3.06. The Kier molecular flexibility index (Phi) is 6.87. The molecule has 1 fully saturated rings. The topological polar surface area (TPSA) is 102 Å². The second-order valence-corrected chi connectivity index (χ2v) is 10.5. The van der Waals surface area contributed by atoms with Crippen molar-refractivity contribution in [3.05, 3.63) is 42.0 Å². The highest BCUT2D eigenvalue weighted by molar-refractivity contribution is 7.90. The molecule has 0 saturated carbocycles. The third-order valence-corrected chi connectivity index (χ3v) is 5.76. The fraction of sp³-hybridized carbons (Fsp3) is 0.476. The van der Waals surface area contributed by atoms with E-state index in [2.05, 4.69) is 9.97 Å². The Morgan fingerprint density at radius 2 is 1.75 bits per heavy atom. The zero-order valence-corrected chi connectivity index (χ0v) is 19.4. The van der Waals surface area contributed by atoms with Crippen molar-refractivity contribution in [3.63, 3.8) is 0 Å². The first kappa shape index (κ1) is 23.7. The number of sulfone groups is 1. The first-order valence-electron chi connectivity index (χ1n) is 10.1. The van der Waals surface area contributed by atoms with Gasteiger partial charge in [0.2, 0.25) is 5.95 Å². The Labute approximate surface area is 187 Å². The molecule has 0 N–H and O–H groups in total. The first-order valence-corrected chi connectivity index (χ1v) is 12.0. The fourth-order valence-corrected chi connectivity index (χ4v) is 3.79. The smallest absolute Gasteiger partial charge is 0.410 e. The largest absolute Gasteiger partial charge is 0.486 e. The molecule has 1 aromatic heterocycles. The number of nitrogens with zero attached hydrogens (tertiary/aromatic N) is 4. The number of aromatic nitrogens is 2. The van der Waals surface area contributed by atoms with E-state index in [1.807, 2.05) is 25.7 Å². The van der Waals surface area contributed by atoms with Gasteiger partial charge in [0.1, 0.15) is 22.9 Å². The third kappa shape index (κ3) is 6.28. The molecule has 0 unspecified atom stereocenters. The third-order valence-electron chi connectivity index (χ3n) is 4.63. The summed E-state index contributed by atoms with van der Waals surface area (Å²) in [6, 6.07) is 3.86. The van der Waals surface area contributed by atoms with Crippen molar-refractivity contribution in [2.75, 3.05) is 37.3 Å². The standard InChI is InChI=1S/C21H27FN4O5S/c1-21(2,3)31-20(27)26-9-7-25(8-10-26)19-23-12-16(13-24-19)30-14-15-5-6-18(17(22)11-15)32(4,28)29/h5-6,11-13H,7-10,14H2,1-4H3. The molecule has 11 heteroatoms. The molecule has 0 aliphatic carbocycles. The summed E-state index contributed by atoms with van der Waals surface area (Å²) in [5.74, 6) is 0.101. The Hall–Kier alpha value is -2.95. The number of hydrogen-bond acceptors (Lipinski definition) is 8. The van der Waals surface area contributed by atoms with Crippen molar-refractivity contribution >= 4 is 21.9 Å². The van der Waals surface area contributed by atoms with E-state index >= 15 is 0 Å². The highest BCUT2D eigenvalue weighted by Gasteiger charge is 2.26. The number of amides is 1. The van der Waals surface area contributed by atoms with Gasteiger partial charge in [-0.2, -0.15) is 0 Å². The molecule has 0 spiro atoms. The Morgan fingerprint density at radius 1 is 1.12 bits per heavy atom. The zero-order chi connectivity index (χ0) is 23.5. The molecule has 0 radical (unpaired) electrons. The summed E-state index contributed by atoms with van der Waals surface area (Å²) in [6.07, 6.45) is 3.66. The van der Waals surface area contributed by atoms with Crippen LogP contribution in [0.5, 0.6) is 5.75 Å². The molecule has 0 bridgehead atoms. The number of carbonyl (C=O) groups is 1. The summed E-state index contributed by atoms with van der Waals surface area (Å²) in [4.78, 5) is 24.1. The maximum Gasteiger partial charge on any atom is 0.410 e. The van der Waals surface area contributed by atoms with Crippen LogP contribution < -0.4 is 9.64 Å². The van der Waals surface area contributed by atoms with E-state index in [0.717, 1.165) is 12.3 Å². The number of benzene rings is 1. The average Bonchev–Trinajstić information content (AvgIpc) is 2.70. The molecule has 0 atom stereocenters. The minimum atomic E-state index is -3.62. The lowest BCUT2D eigenvalue weighted by Gasteiger charge is -2.35. The molecule has 32 heavy (non-hydrogen) atoms. The van der Waals surface area contributed by atoms with Gasteiger partial charge in [0.25, 0.3) is 0 Å². The summed E-state index contributed by atoms with van der Waals surface area (Å²) in [5.41, 5.74) is -0.0495. The van der Waals surface area contributed by atoms with Gasteiger partial charge in [-0.15, -0.1) is 0 Å². The van der Waals surface area contributed by atoms with Crippen LogP contribution >= 0.6 is 0 Å². The van der Waals surface area contributed by atoms with E-state index in [-0.39, 0.29) is 17.6 Å². The van der Waals surface area contributed by atoms with E-state index in [9.17, 15) is 17.6 Å². The first-order chi connectivity index (χ1) is 14.9. The van der Waals surface area contributed by atoms with Crippen LogP contribution in [0.2, 0.25) is 0 Å². The summed E-state index contributed by atoms with van der Waals surface area (Å²) in [5, 5.41) is 0. The van der Waals surface area contributed by atoms with Gasteiger partial charge in [-0.25, -0.2) is 27.6 Å². The number of anilines is 1. The lowest BCUT2D eigenvalue weighted by atomic mass is 10.2. The van der Waals surface area contributed by atoms with Crippen molar-refractivity contribution in [2.24, 2.45) is 0 Å². The number of hydrogen-bond donors (Lipinski definition) is 0. The molecular weight excluding hydrogens is 439 g/mol. The molecule has 1 aliphatic heterocycles. The van der Waals surface area contributed by atoms with E-state index in [4.69, 9.17) is 9.47 Å². The summed E-state index contributed by atoms with van der Waals surface area (Å²) >= 11 is 0. The van der Waals surface area contributed by atoms with Gasteiger partial charge >= 0.3 is 6.09 Å². The monoisotopic (exact) mass is 466 g/mol. The highest BCUT2D eigenvalue weighted by Crippen LogP contribution is 2.19. The average molecular weight is 467 g/mol. The van der Waals surface area contributed by atoms with Gasteiger partial charge in [0.15, 0.2) is 15.6 Å². The van der Waals surface area contributed by atoms with Gasteiger partial charge in [-0.05, 0) is 38.5 Å². The van der Waals surface area contributed by atoms with Crippen molar-refractivity contribution in [1.82, 2.24) is 14.9 Å². The second-order valence-electron chi connectivity index (χ2n) is 8.50. The number of rotatable bonds is 5. The van der Waals surface area contributed by atoms with Gasteiger partial charge in [0.05, 0.1) is 12.4 Å². The lowest BCUT2D eigenvalue weighted by molar-refractivity contribution is 0.0240. The molecule has 9 nitrogen and oxygen atoms in total. The van der Waals surface area contributed by atoms with Crippen LogP contribution in [0.1, 0.15) is 26.3 Å². The Bertz CT molecular complexity index is 1060. The number of halogens is 1. The molecule has 1 aliphatic rings. The predicted molar refractivity (Wildman–Crippen MR) is 116 cm³/mol. The maximum atomic E-state index is 14.0. The minimum Gasteiger partial charge on any atom is -0.486 e. The molecule has 1 saturated heterocycles. The normalized spacial score (nSPS) is 14.9. The second kappa shape index (κ2) is 9.27. The molecule has 3 rings (SSSR count).